The predicted molar refractivity (Wildman–Crippen MR) is 82.6 cm³/mol. The highest BCUT2D eigenvalue weighted by atomic mass is 35.5. The lowest BCUT2D eigenvalue weighted by atomic mass is 10.0. The van der Waals surface area contributed by atoms with Crippen molar-refractivity contribution < 1.29 is 4.74 Å². The summed E-state index contributed by atoms with van der Waals surface area (Å²) in [5.41, 5.74) is 2.17. The highest BCUT2D eigenvalue weighted by Gasteiger charge is 2.11. The number of ether oxygens (including phenoxy) is 1. The van der Waals surface area contributed by atoms with Gasteiger partial charge in [-0.25, -0.2) is 4.98 Å². The van der Waals surface area contributed by atoms with Gasteiger partial charge in [-0.2, -0.15) is 0 Å². The van der Waals surface area contributed by atoms with Crippen molar-refractivity contribution in [3.8, 4) is 11.6 Å². The van der Waals surface area contributed by atoms with E-state index in [0.29, 0.717) is 16.8 Å². The third kappa shape index (κ3) is 3.50. The van der Waals surface area contributed by atoms with Gasteiger partial charge in [-0.15, -0.1) is 0 Å². The summed E-state index contributed by atoms with van der Waals surface area (Å²) in [7, 11) is 1.89. The maximum atomic E-state index is 6.23. The van der Waals surface area contributed by atoms with Gasteiger partial charge in [0, 0.05) is 12.7 Å². The van der Waals surface area contributed by atoms with Crippen LogP contribution >= 0.6 is 11.6 Å². The predicted octanol–water partition coefficient (Wildman–Crippen LogP) is 4.37. The zero-order valence-corrected chi connectivity index (χ0v) is 12.7. The summed E-state index contributed by atoms with van der Waals surface area (Å²) < 4.78 is 5.87. The van der Waals surface area contributed by atoms with Crippen LogP contribution in [-0.2, 0) is 6.54 Å². The summed E-state index contributed by atoms with van der Waals surface area (Å²) in [5, 5.41) is 3.59. The molecule has 0 amide bonds. The van der Waals surface area contributed by atoms with E-state index in [0.717, 1.165) is 23.4 Å². The second-order valence-corrected chi connectivity index (χ2v) is 5.36. The minimum atomic E-state index is 0.383. The van der Waals surface area contributed by atoms with Crippen molar-refractivity contribution in [3.63, 3.8) is 0 Å². The van der Waals surface area contributed by atoms with Gasteiger partial charge in [0.2, 0.25) is 5.88 Å². The summed E-state index contributed by atoms with van der Waals surface area (Å²) in [6.45, 7) is 5.00. The fraction of sp³-hybridized carbons (Fsp3) is 0.312. The molecule has 3 nitrogen and oxygen atoms in total. The molecule has 1 aromatic carbocycles. The van der Waals surface area contributed by atoms with Crippen molar-refractivity contribution in [2.24, 2.45) is 0 Å². The Kier molecular flexibility index (Phi) is 4.99. The molecular weight excluding hydrogens is 272 g/mol. The van der Waals surface area contributed by atoms with Crippen molar-refractivity contribution in [1.82, 2.24) is 10.3 Å². The average Bonchev–Trinajstić information content (AvgIpc) is 2.42. The van der Waals surface area contributed by atoms with Crippen LogP contribution in [0.25, 0.3) is 0 Å². The molecule has 2 rings (SSSR count). The van der Waals surface area contributed by atoms with Crippen LogP contribution < -0.4 is 10.1 Å². The lowest BCUT2D eigenvalue weighted by Crippen LogP contribution is -2.05. The summed E-state index contributed by atoms with van der Waals surface area (Å²) >= 11 is 6.23. The molecule has 0 radical (unpaired) electrons. The van der Waals surface area contributed by atoms with Gasteiger partial charge in [-0.3, -0.25) is 0 Å². The third-order valence-corrected chi connectivity index (χ3v) is 3.26. The first-order valence-electron chi connectivity index (χ1n) is 6.67. The largest absolute Gasteiger partial charge is 0.437 e. The van der Waals surface area contributed by atoms with Crippen LogP contribution in [0.1, 0.15) is 30.9 Å². The molecule has 0 saturated heterocycles. The van der Waals surface area contributed by atoms with Crippen molar-refractivity contribution in [1.29, 1.82) is 0 Å². The number of nitrogens with zero attached hydrogens (tertiary/aromatic N) is 1. The van der Waals surface area contributed by atoms with Crippen molar-refractivity contribution in [3.05, 3.63) is 52.7 Å². The summed E-state index contributed by atoms with van der Waals surface area (Å²) in [6, 6.07) is 9.83. The molecule has 1 aromatic heterocycles. The lowest BCUT2D eigenvalue weighted by Gasteiger charge is -2.14. The van der Waals surface area contributed by atoms with E-state index < -0.39 is 0 Å². The number of hydrogen-bond acceptors (Lipinski definition) is 3. The Morgan fingerprint density at radius 1 is 1.30 bits per heavy atom. The Hall–Kier alpha value is -1.58. The molecule has 0 fully saturated rings. The van der Waals surface area contributed by atoms with E-state index in [1.54, 1.807) is 6.20 Å². The van der Waals surface area contributed by atoms with Crippen LogP contribution in [-0.4, -0.2) is 12.0 Å². The van der Waals surface area contributed by atoms with Crippen LogP contribution in [0.2, 0.25) is 5.02 Å². The van der Waals surface area contributed by atoms with Crippen LogP contribution in [0.5, 0.6) is 11.6 Å². The Bertz CT molecular complexity index is 584. The Balaban J connectivity index is 2.26. The standard InChI is InChI=1S/C16H19ClN2O/c1-11(2)13-6-4-5-7-15(13)20-16-14(17)8-12(9-18-3)10-19-16/h4-8,10-11,18H,9H2,1-3H3. The second kappa shape index (κ2) is 6.73. The van der Waals surface area contributed by atoms with Gasteiger partial charge in [0.05, 0.1) is 0 Å². The molecule has 4 heteroatoms. The number of para-hydroxylation sites is 1. The Morgan fingerprint density at radius 2 is 2.05 bits per heavy atom. The first-order chi connectivity index (χ1) is 9.61. The number of pyridine rings is 1. The van der Waals surface area contributed by atoms with Gasteiger partial charge in [-0.1, -0.05) is 43.6 Å². The maximum Gasteiger partial charge on any atom is 0.238 e. The van der Waals surface area contributed by atoms with E-state index in [2.05, 4.69) is 30.2 Å². The zero-order valence-electron chi connectivity index (χ0n) is 12.0. The van der Waals surface area contributed by atoms with E-state index in [4.69, 9.17) is 16.3 Å². The molecule has 0 aliphatic rings. The van der Waals surface area contributed by atoms with E-state index in [-0.39, 0.29) is 0 Å². The second-order valence-electron chi connectivity index (χ2n) is 4.96. The molecule has 1 N–H and O–H groups in total. The molecule has 20 heavy (non-hydrogen) atoms. The third-order valence-electron chi connectivity index (χ3n) is 2.99. The minimum absolute atomic E-state index is 0.383. The number of nitrogens with one attached hydrogen (secondary N) is 1. The molecule has 0 spiro atoms. The molecular formula is C16H19ClN2O. The number of aromatic nitrogens is 1. The summed E-state index contributed by atoms with van der Waals surface area (Å²) in [6.07, 6.45) is 1.77. The van der Waals surface area contributed by atoms with Crippen molar-refractivity contribution in [2.75, 3.05) is 7.05 Å². The maximum absolute atomic E-state index is 6.23. The first kappa shape index (κ1) is 14.8. The molecule has 0 atom stereocenters. The molecule has 0 aliphatic heterocycles. The molecule has 106 valence electrons. The molecule has 0 unspecified atom stereocenters. The quantitative estimate of drug-likeness (QED) is 0.888. The van der Waals surface area contributed by atoms with Crippen molar-refractivity contribution in [2.45, 2.75) is 26.3 Å². The van der Waals surface area contributed by atoms with Gasteiger partial charge in [0.1, 0.15) is 10.8 Å². The molecule has 1 heterocycles. The summed E-state index contributed by atoms with van der Waals surface area (Å²) in [4.78, 5) is 4.30. The number of rotatable bonds is 5. The summed E-state index contributed by atoms with van der Waals surface area (Å²) in [5.74, 6) is 1.63. The van der Waals surface area contributed by atoms with Gasteiger partial charge < -0.3 is 10.1 Å². The highest BCUT2D eigenvalue weighted by molar-refractivity contribution is 6.31. The van der Waals surface area contributed by atoms with Crippen LogP contribution in [0.4, 0.5) is 0 Å². The normalized spacial score (nSPS) is 10.8. The number of hydrogen-bond donors (Lipinski definition) is 1. The SMILES string of the molecule is CNCc1cnc(Oc2ccccc2C(C)C)c(Cl)c1. The molecule has 0 saturated carbocycles. The fourth-order valence-corrected chi connectivity index (χ4v) is 2.22. The van der Waals surface area contributed by atoms with E-state index >= 15 is 0 Å². The van der Waals surface area contributed by atoms with Gasteiger partial charge in [-0.05, 0) is 36.2 Å². The number of halogens is 1. The molecule has 0 bridgehead atoms. The van der Waals surface area contributed by atoms with E-state index in [9.17, 15) is 0 Å². The average molecular weight is 291 g/mol. The van der Waals surface area contributed by atoms with Crippen LogP contribution in [0, 0.1) is 0 Å². The minimum Gasteiger partial charge on any atom is -0.437 e. The lowest BCUT2D eigenvalue weighted by molar-refractivity contribution is 0.454. The zero-order chi connectivity index (χ0) is 14.5. The Morgan fingerprint density at radius 3 is 2.70 bits per heavy atom. The monoisotopic (exact) mass is 290 g/mol. The molecule has 0 aliphatic carbocycles. The smallest absolute Gasteiger partial charge is 0.238 e. The fourth-order valence-electron chi connectivity index (χ4n) is 2.00. The van der Waals surface area contributed by atoms with Crippen LogP contribution in [0.15, 0.2) is 36.5 Å². The topological polar surface area (TPSA) is 34.2 Å². The van der Waals surface area contributed by atoms with Gasteiger partial charge >= 0.3 is 0 Å². The highest BCUT2D eigenvalue weighted by Crippen LogP contribution is 2.32. The van der Waals surface area contributed by atoms with Crippen molar-refractivity contribution >= 4 is 11.6 Å². The van der Waals surface area contributed by atoms with Gasteiger partial charge in [0.25, 0.3) is 0 Å². The van der Waals surface area contributed by atoms with E-state index in [1.807, 2.05) is 31.3 Å². The van der Waals surface area contributed by atoms with Gasteiger partial charge in [0.15, 0.2) is 0 Å². The molecule has 2 aromatic rings. The Labute approximate surface area is 124 Å². The van der Waals surface area contributed by atoms with Crippen LogP contribution in [0.3, 0.4) is 0 Å². The van der Waals surface area contributed by atoms with E-state index in [1.165, 1.54) is 0 Å². The first-order valence-corrected chi connectivity index (χ1v) is 7.05. The number of benzene rings is 1.